The molecule has 74 valence electrons. The van der Waals surface area contributed by atoms with Crippen molar-refractivity contribution in [2.75, 3.05) is 0 Å². The molecule has 0 aliphatic rings. The summed E-state index contributed by atoms with van der Waals surface area (Å²) in [5, 5.41) is 9.63. The van der Waals surface area contributed by atoms with Gasteiger partial charge in [-0.25, -0.2) is 0 Å². The second kappa shape index (κ2) is 3.79. The summed E-state index contributed by atoms with van der Waals surface area (Å²) in [6.07, 6.45) is 0. The Morgan fingerprint density at radius 2 is 1.69 bits per heavy atom. The number of hydrogen-bond donors (Lipinski definition) is 1. The summed E-state index contributed by atoms with van der Waals surface area (Å²) >= 11 is 0. The number of aryl methyl sites for hydroxylation is 1. The zero-order valence-corrected chi connectivity index (χ0v) is 8.68. The van der Waals surface area contributed by atoms with E-state index in [4.69, 9.17) is 0 Å². The van der Waals surface area contributed by atoms with Crippen molar-refractivity contribution in [2.45, 2.75) is 33.1 Å². The highest BCUT2D eigenvalue weighted by molar-refractivity contribution is 5.39. The topological polar surface area (TPSA) is 51.7 Å². The van der Waals surface area contributed by atoms with Crippen molar-refractivity contribution >= 4 is 0 Å². The molecule has 1 rings (SSSR count). The van der Waals surface area contributed by atoms with E-state index in [1.165, 1.54) is 0 Å². The quantitative estimate of drug-likeness (QED) is 0.656. The Morgan fingerprint density at radius 1 is 1.15 bits per heavy atom. The lowest BCUT2D eigenvalue weighted by Crippen LogP contribution is -2.11. The van der Waals surface area contributed by atoms with Crippen LogP contribution in [0.25, 0.3) is 0 Å². The Morgan fingerprint density at radius 3 is 2.08 bits per heavy atom. The first-order valence-electron chi connectivity index (χ1n) is 4.21. The number of benzene rings is 1. The molecule has 0 bridgehead atoms. The zero-order chi connectivity index (χ0) is 9.35. The van der Waals surface area contributed by atoms with Gasteiger partial charge in [-0.05, 0) is 29.5 Å². The molecule has 0 aliphatic heterocycles. The number of hydrogen-bond acceptors (Lipinski definition) is 1. The maximum atomic E-state index is 9.63. The lowest BCUT2D eigenvalue weighted by Gasteiger charge is -2.20. The van der Waals surface area contributed by atoms with Crippen LogP contribution in [0.4, 0.5) is 0 Å². The lowest BCUT2D eigenvalue weighted by atomic mass is 9.86. The molecule has 2 nitrogen and oxygen atoms in total. The molecule has 2 heteroatoms. The Labute approximate surface area is 79.5 Å². The molecule has 0 spiro atoms. The molecule has 0 unspecified atom stereocenters. The van der Waals surface area contributed by atoms with Gasteiger partial charge in [0.2, 0.25) is 0 Å². The summed E-state index contributed by atoms with van der Waals surface area (Å²) in [6, 6.07) is 5.82. The minimum Gasteiger partial charge on any atom is -0.508 e. The highest BCUT2D eigenvalue weighted by Crippen LogP contribution is 2.30. The molecule has 0 aliphatic carbocycles. The number of rotatable bonds is 0. The van der Waals surface area contributed by atoms with Crippen molar-refractivity contribution in [1.29, 1.82) is 0 Å². The van der Waals surface area contributed by atoms with Crippen LogP contribution in [0.3, 0.4) is 0 Å². The van der Waals surface area contributed by atoms with E-state index in [2.05, 4.69) is 20.8 Å². The van der Waals surface area contributed by atoms with Crippen LogP contribution in [0.15, 0.2) is 18.2 Å². The minimum atomic E-state index is 0. The summed E-state index contributed by atoms with van der Waals surface area (Å²) in [5.74, 6) is 0.405. The highest BCUT2D eigenvalue weighted by atomic mass is 16.3. The maximum Gasteiger partial charge on any atom is 0.119 e. The highest BCUT2D eigenvalue weighted by Gasteiger charge is 2.17. The molecule has 0 saturated carbocycles. The van der Waals surface area contributed by atoms with Crippen LogP contribution in [0, 0.1) is 6.92 Å². The van der Waals surface area contributed by atoms with Crippen LogP contribution in [-0.4, -0.2) is 10.6 Å². The smallest absolute Gasteiger partial charge is 0.119 e. The first-order chi connectivity index (χ1) is 5.41. The van der Waals surface area contributed by atoms with Gasteiger partial charge in [-0.1, -0.05) is 32.9 Å². The van der Waals surface area contributed by atoms with Crippen molar-refractivity contribution in [3.63, 3.8) is 0 Å². The average Bonchev–Trinajstić information content (AvgIpc) is 1.83. The van der Waals surface area contributed by atoms with Gasteiger partial charge in [0.25, 0.3) is 0 Å². The summed E-state index contributed by atoms with van der Waals surface area (Å²) in [5.41, 5.74) is 2.13. The van der Waals surface area contributed by atoms with Crippen LogP contribution in [-0.2, 0) is 5.41 Å². The third-order valence-electron chi connectivity index (χ3n) is 1.96. The van der Waals surface area contributed by atoms with Crippen molar-refractivity contribution in [2.24, 2.45) is 0 Å². The Kier molecular flexibility index (Phi) is 3.50. The van der Waals surface area contributed by atoms with E-state index in [0.29, 0.717) is 5.75 Å². The van der Waals surface area contributed by atoms with Crippen LogP contribution < -0.4 is 0 Å². The summed E-state index contributed by atoms with van der Waals surface area (Å²) < 4.78 is 0. The minimum absolute atomic E-state index is 0. The summed E-state index contributed by atoms with van der Waals surface area (Å²) in [7, 11) is 0. The van der Waals surface area contributed by atoms with E-state index >= 15 is 0 Å². The molecule has 0 atom stereocenters. The van der Waals surface area contributed by atoms with Gasteiger partial charge in [0.05, 0.1) is 0 Å². The number of phenolic OH excluding ortho intramolecular Hbond substituents is 1. The first kappa shape index (κ1) is 12.0. The molecule has 0 fully saturated rings. The van der Waals surface area contributed by atoms with E-state index in [0.717, 1.165) is 11.1 Å². The van der Waals surface area contributed by atoms with Gasteiger partial charge in [-0.15, -0.1) is 0 Å². The van der Waals surface area contributed by atoms with Crippen molar-refractivity contribution in [1.82, 2.24) is 0 Å². The third-order valence-corrected chi connectivity index (χ3v) is 1.96. The largest absolute Gasteiger partial charge is 0.508 e. The normalized spacial score (nSPS) is 10.8. The number of phenols is 1. The summed E-state index contributed by atoms with van der Waals surface area (Å²) in [6.45, 7) is 8.26. The molecule has 1 aromatic rings. The zero-order valence-electron chi connectivity index (χ0n) is 8.68. The number of aromatic hydroxyl groups is 1. The van der Waals surface area contributed by atoms with Gasteiger partial charge >= 0.3 is 0 Å². The van der Waals surface area contributed by atoms with Crippen LogP contribution in [0.2, 0.25) is 0 Å². The van der Waals surface area contributed by atoms with E-state index < -0.39 is 0 Å². The predicted octanol–water partition coefficient (Wildman–Crippen LogP) is 2.17. The fourth-order valence-electron chi connectivity index (χ4n) is 1.28. The standard InChI is InChI=1S/C11H16O.H2O/c1-8-5-6-9(10(12)7-8)11(2,3)4;/h5-7,12H,1-4H3;1H2. The Bertz CT molecular complexity index is 285. The van der Waals surface area contributed by atoms with Gasteiger partial charge in [-0.3, -0.25) is 0 Å². The van der Waals surface area contributed by atoms with Gasteiger partial charge in [-0.2, -0.15) is 0 Å². The molecule has 3 N–H and O–H groups in total. The Balaban J connectivity index is 0.00000144. The molecule has 13 heavy (non-hydrogen) atoms. The first-order valence-corrected chi connectivity index (χ1v) is 4.21. The maximum absolute atomic E-state index is 9.63. The SMILES string of the molecule is Cc1ccc(C(C)(C)C)c(O)c1.O. The van der Waals surface area contributed by atoms with Gasteiger partial charge in [0.15, 0.2) is 0 Å². The van der Waals surface area contributed by atoms with Crippen LogP contribution in [0.1, 0.15) is 31.9 Å². The van der Waals surface area contributed by atoms with E-state index in [-0.39, 0.29) is 10.9 Å². The monoisotopic (exact) mass is 182 g/mol. The average molecular weight is 182 g/mol. The molecule has 0 radical (unpaired) electrons. The van der Waals surface area contributed by atoms with E-state index in [1.807, 2.05) is 19.1 Å². The van der Waals surface area contributed by atoms with Gasteiger partial charge in [0.1, 0.15) is 5.75 Å². The van der Waals surface area contributed by atoms with E-state index in [1.54, 1.807) is 6.07 Å². The summed E-state index contributed by atoms with van der Waals surface area (Å²) in [4.78, 5) is 0. The fraction of sp³-hybridized carbons (Fsp3) is 0.455. The molecule has 0 heterocycles. The molecule has 0 saturated heterocycles. The molecule has 0 amide bonds. The second-order valence-electron chi connectivity index (χ2n) is 4.27. The van der Waals surface area contributed by atoms with Crippen LogP contribution in [0.5, 0.6) is 5.75 Å². The Hall–Kier alpha value is -1.02. The molecular weight excluding hydrogens is 164 g/mol. The van der Waals surface area contributed by atoms with Crippen molar-refractivity contribution in [3.05, 3.63) is 29.3 Å². The van der Waals surface area contributed by atoms with Crippen LogP contribution >= 0.6 is 0 Å². The molecule has 0 aromatic heterocycles. The lowest BCUT2D eigenvalue weighted by molar-refractivity contribution is 0.446. The predicted molar refractivity (Wildman–Crippen MR) is 55.2 cm³/mol. The molecule has 1 aromatic carbocycles. The second-order valence-corrected chi connectivity index (χ2v) is 4.27. The van der Waals surface area contributed by atoms with Crippen molar-refractivity contribution < 1.29 is 10.6 Å². The van der Waals surface area contributed by atoms with Crippen molar-refractivity contribution in [3.8, 4) is 5.75 Å². The van der Waals surface area contributed by atoms with Gasteiger partial charge in [0, 0.05) is 0 Å². The fourth-order valence-corrected chi connectivity index (χ4v) is 1.28. The van der Waals surface area contributed by atoms with E-state index in [9.17, 15) is 5.11 Å². The van der Waals surface area contributed by atoms with Gasteiger partial charge < -0.3 is 10.6 Å². The molecular formula is C11H18O2. The third kappa shape index (κ3) is 2.74.